The van der Waals surface area contributed by atoms with Gasteiger partial charge in [-0.25, -0.2) is 4.98 Å². The molecule has 1 atom stereocenters. The summed E-state index contributed by atoms with van der Waals surface area (Å²) in [5, 5.41) is 0.791. The summed E-state index contributed by atoms with van der Waals surface area (Å²) < 4.78 is 6.99. The second-order valence-electron chi connectivity index (χ2n) is 7.48. The largest absolute Gasteiger partial charge is 0.376 e. The third-order valence-electron chi connectivity index (χ3n) is 5.08. The Bertz CT molecular complexity index is 981. The van der Waals surface area contributed by atoms with Gasteiger partial charge in [-0.15, -0.1) is 11.8 Å². The van der Waals surface area contributed by atoms with Crippen LogP contribution in [0.2, 0.25) is 0 Å². The Balaban J connectivity index is 1.52. The third-order valence-corrected chi connectivity index (χ3v) is 7.32. The highest BCUT2D eigenvalue weighted by atomic mass is 32.2. The molecule has 1 amide bonds. The summed E-state index contributed by atoms with van der Waals surface area (Å²) in [4.78, 5) is 21.1. The van der Waals surface area contributed by atoms with Crippen molar-refractivity contribution in [2.24, 2.45) is 0 Å². The third kappa shape index (κ3) is 5.00. The van der Waals surface area contributed by atoms with Gasteiger partial charge in [0.05, 0.1) is 22.9 Å². The van der Waals surface area contributed by atoms with Gasteiger partial charge in [-0.2, -0.15) is 0 Å². The zero-order chi connectivity index (χ0) is 20.2. The van der Waals surface area contributed by atoms with E-state index in [4.69, 9.17) is 9.72 Å². The topological polar surface area (TPSA) is 42.4 Å². The van der Waals surface area contributed by atoms with Gasteiger partial charge in [0, 0.05) is 23.7 Å². The second-order valence-corrected chi connectivity index (χ2v) is 9.62. The normalized spacial score (nSPS) is 16.4. The van der Waals surface area contributed by atoms with Crippen LogP contribution in [0.1, 0.15) is 30.4 Å². The van der Waals surface area contributed by atoms with E-state index in [2.05, 4.69) is 38.1 Å². The Hall–Kier alpha value is -1.89. The summed E-state index contributed by atoms with van der Waals surface area (Å²) in [5.41, 5.74) is 3.39. The fourth-order valence-corrected chi connectivity index (χ4v) is 5.57. The monoisotopic (exact) mass is 426 g/mol. The summed E-state index contributed by atoms with van der Waals surface area (Å²) in [6.45, 7) is 5.57. The van der Waals surface area contributed by atoms with Crippen molar-refractivity contribution < 1.29 is 9.53 Å². The molecule has 2 aromatic carbocycles. The van der Waals surface area contributed by atoms with E-state index in [-0.39, 0.29) is 12.0 Å². The number of nitrogens with zero attached hydrogens (tertiary/aromatic N) is 2. The number of aryl methyl sites for hydroxylation is 2. The van der Waals surface area contributed by atoms with E-state index in [1.807, 2.05) is 23.1 Å². The number of hydrogen-bond acceptors (Lipinski definition) is 5. The number of aromatic nitrogens is 1. The fraction of sp³-hybridized carbons (Fsp3) is 0.391. The van der Waals surface area contributed by atoms with Crippen molar-refractivity contribution in [3.8, 4) is 0 Å². The molecule has 0 aliphatic carbocycles. The molecule has 4 nitrogen and oxygen atoms in total. The maximum atomic E-state index is 13.2. The van der Waals surface area contributed by atoms with Crippen LogP contribution in [0.25, 0.3) is 10.2 Å². The highest BCUT2D eigenvalue weighted by Gasteiger charge is 2.26. The zero-order valence-corrected chi connectivity index (χ0v) is 18.5. The lowest BCUT2D eigenvalue weighted by Gasteiger charge is -2.23. The van der Waals surface area contributed by atoms with Crippen LogP contribution in [0.5, 0.6) is 0 Å². The molecule has 1 unspecified atom stereocenters. The van der Waals surface area contributed by atoms with E-state index < -0.39 is 0 Å². The number of anilines is 1. The predicted octanol–water partition coefficient (Wildman–Crippen LogP) is 5.61. The Morgan fingerprint density at radius 2 is 2.10 bits per heavy atom. The van der Waals surface area contributed by atoms with E-state index in [1.54, 1.807) is 23.1 Å². The van der Waals surface area contributed by atoms with Gasteiger partial charge < -0.3 is 4.74 Å². The Morgan fingerprint density at radius 1 is 1.28 bits per heavy atom. The van der Waals surface area contributed by atoms with Gasteiger partial charge in [-0.1, -0.05) is 35.6 Å². The minimum atomic E-state index is 0.107. The standard InChI is InChI=1S/C23H26N2O2S2/c1-16-13-17(2)22-20(14-16)24-23(29-22)25(15-18-7-6-11-27-18)21(26)10-12-28-19-8-4-3-5-9-19/h3-5,8-9,13-14,18H,6-7,10-12,15H2,1-2H3. The van der Waals surface area contributed by atoms with E-state index >= 15 is 0 Å². The van der Waals surface area contributed by atoms with Crippen LogP contribution in [-0.2, 0) is 9.53 Å². The van der Waals surface area contributed by atoms with Crippen LogP contribution in [0.4, 0.5) is 5.13 Å². The molecular weight excluding hydrogens is 400 g/mol. The van der Waals surface area contributed by atoms with Crippen molar-refractivity contribution >= 4 is 44.4 Å². The summed E-state index contributed by atoms with van der Waals surface area (Å²) in [5.74, 6) is 0.880. The molecule has 29 heavy (non-hydrogen) atoms. The maximum absolute atomic E-state index is 13.2. The molecule has 0 bridgehead atoms. The molecule has 0 radical (unpaired) electrons. The lowest BCUT2D eigenvalue weighted by Crippen LogP contribution is -2.37. The molecule has 4 rings (SSSR count). The van der Waals surface area contributed by atoms with Gasteiger partial charge in [-0.05, 0) is 56.0 Å². The Kier molecular flexibility index (Phi) is 6.53. The first-order valence-electron chi connectivity index (χ1n) is 10.1. The molecule has 152 valence electrons. The molecule has 1 fully saturated rings. The molecule has 1 aliphatic heterocycles. The number of rotatable bonds is 7. The molecule has 1 saturated heterocycles. The second kappa shape index (κ2) is 9.28. The number of benzene rings is 2. The number of hydrogen-bond donors (Lipinski definition) is 0. The molecule has 6 heteroatoms. The van der Waals surface area contributed by atoms with E-state index in [0.717, 1.165) is 40.5 Å². The van der Waals surface area contributed by atoms with Gasteiger partial charge in [0.15, 0.2) is 5.13 Å². The minimum Gasteiger partial charge on any atom is -0.376 e. The molecule has 0 saturated carbocycles. The fourth-order valence-electron chi connectivity index (χ4n) is 3.67. The smallest absolute Gasteiger partial charge is 0.229 e. The molecule has 1 aromatic heterocycles. The molecule has 3 aromatic rings. The summed E-state index contributed by atoms with van der Waals surface area (Å²) in [6.07, 6.45) is 2.66. The van der Waals surface area contributed by atoms with E-state index in [9.17, 15) is 4.79 Å². The number of fused-ring (bicyclic) bond motifs is 1. The summed E-state index contributed by atoms with van der Waals surface area (Å²) in [7, 11) is 0. The lowest BCUT2D eigenvalue weighted by atomic mass is 10.1. The SMILES string of the molecule is Cc1cc(C)c2sc(N(CC3CCCO3)C(=O)CCSc3ccccc3)nc2c1. The van der Waals surface area contributed by atoms with Crippen molar-refractivity contribution in [1.82, 2.24) is 4.98 Å². The van der Waals surface area contributed by atoms with Gasteiger partial charge in [0.1, 0.15) is 0 Å². The van der Waals surface area contributed by atoms with Crippen LogP contribution in [0.15, 0.2) is 47.4 Å². The quantitative estimate of drug-likeness (QED) is 0.461. The number of ether oxygens (including phenoxy) is 1. The minimum absolute atomic E-state index is 0.107. The summed E-state index contributed by atoms with van der Waals surface area (Å²) in [6, 6.07) is 14.5. The van der Waals surface area contributed by atoms with Crippen LogP contribution in [0, 0.1) is 13.8 Å². The van der Waals surface area contributed by atoms with Crippen molar-refractivity contribution in [2.45, 2.75) is 44.1 Å². The molecule has 0 N–H and O–H groups in total. The predicted molar refractivity (Wildman–Crippen MR) is 122 cm³/mol. The van der Waals surface area contributed by atoms with Crippen molar-refractivity contribution in [3.05, 3.63) is 53.6 Å². The van der Waals surface area contributed by atoms with Gasteiger partial charge in [-0.3, -0.25) is 9.69 Å². The van der Waals surface area contributed by atoms with Crippen molar-refractivity contribution in [1.29, 1.82) is 0 Å². The van der Waals surface area contributed by atoms with Gasteiger partial charge >= 0.3 is 0 Å². The van der Waals surface area contributed by atoms with Crippen LogP contribution in [0.3, 0.4) is 0 Å². The number of carbonyl (C=O) groups excluding carboxylic acids is 1. The van der Waals surface area contributed by atoms with Gasteiger partial charge in [0.2, 0.25) is 5.91 Å². The first kappa shape index (κ1) is 20.4. The highest BCUT2D eigenvalue weighted by molar-refractivity contribution is 7.99. The Labute approximate surface area is 180 Å². The zero-order valence-electron chi connectivity index (χ0n) is 16.9. The highest BCUT2D eigenvalue weighted by Crippen LogP contribution is 2.33. The molecule has 1 aliphatic rings. The average Bonchev–Trinajstić information content (AvgIpc) is 3.36. The first-order valence-corrected chi connectivity index (χ1v) is 11.9. The molecular formula is C23H26N2O2S2. The average molecular weight is 427 g/mol. The van der Waals surface area contributed by atoms with E-state index in [0.29, 0.717) is 13.0 Å². The first-order chi connectivity index (χ1) is 14.1. The van der Waals surface area contributed by atoms with Gasteiger partial charge in [0.25, 0.3) is 0 Å². The lowest BCUT2D eigenvalue weighted by molar-refractivity contribution is -0.118. The molecule has 0 spiro atoms. The summed E-state index contributed by atoms with van der Waals surface area (Å²) >= 11 is 3.33. The van der Waals surface area contributed by atoms with Crippen LogP contribution in [-0.4, -0.2) is 35.9 Å². The van der Waals surface area contributed by atoms with E-state index in [1.165, 1.54) is 16.0 Å². The number of thioether (sulfide) groups is 1. The van der Waals surface area contributed by atoms with Crippen LogP contribution >= 0.6 is 23.1 Å². The number of carbonyl (C=O) groups is 1. The number of thiazole rings is 1. The van der Waals surface area contributed by atoms with Crippen molar-refractivity contribution in [3.63, 3.8) is 0 Å². The van der Waals surface area contributed by atoms with Crippen LogP contribution < -0.4 is 4.90 Å². The molecule has 2 heterocycles. The number of amides is 1. The Morgan fingerprint density at radius 3 is 2.86 bits per heavy atom. The maximum Gasteiger partial charge on any atom is 0.229 e. The van der Waals surface area contributed by atoms with Crippen molar-refractivity contribution in [2.75, 3.05) is 23.8 Å².